The van der Waals surface area contributed by atoms with Crippen molar-refractivity contribution >= 4 is 29.2 Å². The van der Waals surface area contributed by atoms with Crippen LogP contribution in [0.4, 0.5) is 10.5 Å². The van der Waals surface area contributed by atoms with Gasteiger partial charge >= 0.3 is 6.03 Å². The predicted octanol–water partition coefficient (Wildman–Crippen LogP) is 1.70. The molecule has 1 heterocycles. The summed E-state index contributed by atoms with van der Waals surface area (Å²) < 4.78 is 0. The fraction of sp³-hybridized carbons (Fsp3) is 0.500. The van der Waals surface area contributed by atoms with Crippen LogP contribution in [0.15, 0.2) is 24.3 Å². The summed E-state index contributed by atoms with van der Waals surface area (Å²) in [5.74, 6) is -0.271. The number of nitrogens with one attached hydrogen (secondary N) is 2. The van der Waals surface area contributed by atoms with Gasteiger partial charge in [-0.3, -0.25) is 15.0 Å². The molecule has 2 rings (SSSR count). The molecular formula is C16H23ClN4O2. The molecule has 0 aromatic heterocycles. The largest absolute Gasteiger partial charge is 0.369 e. The number of amides is 3. The molecule has 0 spiro atoms. The minimum Gasteiger partial charge on any atom is -0.369 e. The third kappa shape index (κ3) is 4.84. The number of hydrogen-bond donors (Lipinski definition) is 2. The van der Waals surface area contributed by atoms with Crippen molar-refractivity contribution in [2.75, 3.05) is 37.6 Å². The molecule has 7 heteroatoms. The van der Waals surface area contributed by atoms with Gasteiger partial charge in [0.2, 0.25) is 5.91 Å². The second kappa shape index (κ2) is 8.17. The molecule has 0 radical (unpaired) electrons. The van der Waals surface area contributed by atoms with Crippen molar-refractivity contribution in [2.45, 2.75) is 19.9 Å². The summed E-state index contributed by atoms with van der Waals surface area (Å²) in [6, 6.07) is 7.00. The van der Waals surface area contributed by atoms with Crippen LogP contribution >= 0.6 is 11.6 Å². The highest BCUT2D eigenvalue weighted by atomic mass is 35.5. The van der Waals surface area contributed by atoms with Crippen molar-refractivity contribution in [3.63, 3.8) is 0 Å². The smallest absolute Gasteiger partial charge is 0.321 e. The van der Waals surface area contributed by atoms with Crippen molar-refractivity contribution in [1.29, 1.82) is 0 Å². The second-order valence-electron chi connectivity index (χ2n) is 5.53. The Kier molecular flexibility index (Phi) is 6.24. The van der Waals surface area contributed by atoms with E-state index in [9.17, 15) is 9.59 Å². The molecule has 1 saturated heterocycles. The van der Waals surface area contributed by atoms with E-state index in [1.54, 1.807) is 0 Å². The summed E-state index contributed by atoms with van der Waals surface area (Å²) >= 11 is 6.03. The maximum atomic E-state index is 12.1. The Morgan fingerprint density at radius 3 is 2.57 bits per heavy atom. The Bertz CT molecular complexity index is 559. The average Bonchev–Trinajstić information content (AvgIpc) is 2.54. The number of benzene rings is 1. The van der Waals surface area contributed by atoms with E-state index in [1.807, 2.05) is 38.1 Å². The maximum Gasteiger partial charge on any atom is 0.321 e. The van der Waals surface area contributed by atoms with Gasteiger partial charge in [-0.1, -0.05) is 17.7 Å². The fourth-order valence-electron chi connectivity index (χ4n) is 2.63. The Morgan fingerprint density at radius 2 is 1.96 bits per heavy atom. The highest BCUT2D eigenvalue weighted by Crippen LogP contribution is 2.21. The normalized spacial score (nSPS) is 16.7. The highest BCUT2D eigenvalue weighted by Gasteiger charge is 2.26. The zero-order chi connectivity index (χ0) is 16.8. The first-order chi connectivity index (χ1) is 11.0. The number of nitrogens with zero attached hydrogens (tertiary/aromatic N) is 2. The standard InChI is InChI=1S/C16H23ClN4O2/c1-3-18-16(23)19-15(22)12(2)20-7-9-21(10-8-20)14-6-4-5-13(17)11-14/h4-6,11-12H,3,7-10H2,1-2H3,(H2,18,19,22,23). The van der Waals surface area contributed by atoms with Gasteiger partial charge in [0.15, 0.2) is 0 Å². The van der Waals surface area contributed by atoms with Gasteiger partial charge in [0, 0.05) is 43.4 Å². The van der Waals surface area contributed by atoms with Gasteiger partial charge in [0.1, 0.15) is 0 Å². The van der Waals surface area contributed by atoms with Gasteiger partial charge < -0.3 is 10.2 Å². The third-order valence-electron chi connectivity index (χ3n) is 3.99. The van der Waals surface area contributed by atoms with E-state index >= 15 is 0 Å². The number of halogens is 1. The van der Waals surface area contributed by atoms with Crippen molar-refractivity contribution in [2.24, 2.45) is 0 Å². The number of imide groups is 1. The Labute approximate surface area is 141 Å². The molecule has 2 N–H and O–H groups in total. The Balaban J connectivity index is 1.86. The molecule has 1 fully saturated rings. The van der Waals surface area contributed by atoms with Gasteiger partial charge in [0.05, 0.1) is 6.04 Å². The predicted molar refractivity (Wildman–Crippen MR) is 91.9 cm³/mol. The van der Waals surface area contributed by atoms with Gasteiger partial charge in [-0.15, -0.1) is 0 Å². The fourth-order valence-corrected chi connectivity index (χ4v) is 2.81. The van der Waals surface area contributed by atoms with Crippen LogP contribution in [-0.4, -0.2) is 55.6 Å². The lowest BCUT2D eigenvalue weighted by Crippen LogP contribution is -2.55. The molecule has 126 valence electrons. The first kappa shape index (κ1) is 17.6. The zero-order valence-corrected chi connectivity index (χ0v) is 14.3. The van der Waals surface area contributed by atoms with E-state index in [4.69, 9.17) is 11.6 Å². The van der Waals surface area contributed by atoms with Crippen LogP contribution in [0.2, 0.25) is 5.02 Å². The molecule has 0 aliphatic carbocycles. The van der Waals surface area contributed by atoms with Crippen LogP contribution < -0.4 is 15.5 Å². The summed E-state index contributed by atoms with van der Waals surface area (Å²) in [5, 5.41) is 5.65. The van der Waals surface area contributed by atoms with Crippen molar-refractivity contribution < 1.29 is 9.59 Å². The molecule has 1 aliphatic heterocycles. The van der Waals surface area contributed by atoms with Crippen molar-refractivity contribution in [3.05, 3.63) is 29.3 Å². The molecule has 3 amide bonds. The molecule has 1 aromatic carbocycles. The van der Waals surface area contributed by atoms with Crippen LogP contribution in [0.1, 0.15) is 13.8 Å². The van der Waals surface area contributed by atoms with Crippen LogP contribution in [-0.2, 0) is 4.79 Å². The highest BCUT2D eigenvalue weighted by molar-refractivity contribution is 6.30. The number of piperazine rings is 1. The summed E-state index contributed by atoms with van der Waals surface area (Å²) in [4.78, 5) is 27.8. The van der Waals surface area contributed by atoms with Gasteiger partial charge in [-0.25, -0.2) is 4.79 Å². The number of urea groups is 1. The molecule has 6 nitrogen and oxygen atoms in total. The van der Waals surface area contributed by atoms with Crippen molar-refractivity contribution in [3.8, 4) is 0 Å². The zero-order valence-electron chi connectivity index (χ0n) is 13.5. The minimum absolute atomic E-state index is 0.271. The van der Waals surface area contributed by atoms with Crippen LogP contribution in [0.5, 0.6) is 0 Å². The first-order valence-corrected chi connectivity index (χ1v) is 8.22. The summed E-state index contributed by atoms with van der Waals surface area (Å²) in [5.41, 5.74) is 1.09. The molecule has 1 aliphatic rings. The summed E-state index contributed by atoms with van der Waals surface area (Å²) in [6.07, 6.45) is 0. The Morgan fingerprint density at radius 1 is 1.26 bits per heavy atom. The molecular weight excluding hydrogens is 316 g/mol. The van der Waals surface area contributed by atoms with Crippen LogP contribution in [0.3, 0.4) is 0 Å². The van der Waals surface area contributed by atoms with Crippen LogP contribution in [0, 0.1) is 0 Å². The third-order valence-corrected chi connectivity index (χ3v) is 4.22. The number of anilines is 1. The van der Waals surface area contributed by atoms with E-state index in [2.05, 4.69) is 20.4 Å². The number of rotatable bonds is 4. The van der Waals surface area contributed by atoms with Crippen molar-refractivity contribution in [1.82, 2.24) is 15.5 Å². The molecule has 23 heavy (non-hydrogen) atoms. The van der Waals surface area contributed by atoms with Gasteiger partial charge in [-0.05, 0) is 32.0 Å². The topological polar surface area (TPSA) is 64.7 Å². The lowest BCUT2D eigenvalue weighted by atomic mass is 10.2. The van der Waals surface area contributed by atoms with Crippen LogP contribution in [0.25, 0.3) is 0 Å². The molecule has 0 saturated carbocycles. The van der Waals surface area contributed by atoms with E-state index in [1.165, 1.54) is 0 Å². The Hall–Kier alpha value is -1.79. The average molecular weight is 339 g/mol. The number of carbonyl (C=O) groups excluding carboxylic acids is 2. The number of hydrogen-bond acceptors (Lipinski definition) is 4. The number of carbonyl (C=O) groups is 2. The van der Waals surface area contributed by atoms with E-state index in [-0.39, 0.29) is 11.9 Å². The lowest BCUT2D eigenvalue weighted by Gasteiger charge is -2.38. The van der Waals surface area contributed by atoms with Gasteiger partial charge in [0.25, 0.3) is 0 Å². The molecule has 1 unspecified atom stereocenters. The quantitative estimate of drug-likeness (QED) is 0.877. The summed E-state index contributed by atoms with van der Waals surface area (Å²) in [7, 11) is 0. The molecule has 1 aromatic rings. The maximum absolute atomic E-state index is 12.1. The van der Waals surface area contributed by atoms with E-state index in [0.717, 1.165) is 36.9 Å². The van der Waals surface area contributed by atoms with E-state index < -0.39 is 6.03 Å². The molecule has 1 atom stereocenters. The van der Waals surface area contributed by atoms with E-state index in [0.29, 0.717) is 6.54 Å². The summed E-state index contributed by atoms with van der Waals surface area (Å²) in [6.45, 7) is 7.28. The van der Waals surface area contributed by atoms with Gasteiger partial charge in [-0.2, -0.15) is 0 Å². The SMILES string of the molecule is CCNC(=O)NC(=O)C(C)N1CCN(c2cccc(Cl)c2)CC1. The second-order valence-corrected chi connectivity index (χ2v) is 5.96. The monoisotopic (exact) mass is 338 g/mol. The minimum atomic E-state index is -0.443. The first-order valence-electron chi connectivity index (χ1n) is 7.84. The molecule has 0 bridgehead atoms. The lowest BCUT2D eigenvalue weighted by molar-refractivity contribution is -0.124.